The number of nitrogens with zero attached hydrogens (tertiary/aromatic N) is 1. The Hall–Kier alpha value is -3.03. The van der Waals surface area contributed by atoms with E-state index in [4.69, 9.17) is 16.3 Å². The van der Waals surface area contributed by atoms with Gasteiger partial charge < -0.3 is 9.64 Å². The first-order valence-corrected chi connectivity index (χ1v) is 11.0. The number of halogens is 1. The van der Waals surface area contributed by atoms with Crippen molar-refractivity contribution in [2.45, 2.75) is 4.90 Å². The first kappa shape index (κ1) is 21.7. The van der Waals surface area contributed by atoms with E-state index in [0.717, 1.165) is 0 Å². The van der Waals surface area contributed by atoms with Crippen LogP contribution in [-0.4, -0.2) is 39.4 Å². The number of ether oxygens (including phenoxy) is 1. The number of carbonyl (C=O) groups is 1. The summed E-state index contributed by atoms with van der Waals surface area (Å²) in [5.41, 5.74) is 0.824. The predicted octanol–water partition coefficient (Wildman–Crippen LogP) is 4.29. The van der Waals surface area contributed by atoms with Crippen molar-refractivity contribution in [1.82, 2.24) is 4.90 Å². The van der Waals surface area contributed by atoms with Crippen LogP contribution in [0, 0.1) is 0 Å². The predicted molar refractivity (Wildman–Crippen MR) is 118 cm³/mol. The molecular formula is C22H21ClN2O4S. The van der Waals surface area contributed by atoms with E-state index in [9.17, 15) is 13.2 Å². The van der Waals surface area contributed by atoms with Gasteiger partial charge in [-0.25, -0.2) is 8.42 Å². The van der Waals surface area contributed by atoms with E-state index in [0.29, 0.717) is 35.2 Å². The van der Waals surface area contributed by atoms with Gasteiger partial charge in [-0.3, -0.25) is 9.52 Å². The molecule has 0 atom stereocenters. The highest BCUT2D eigenvalue weighted by atomic mass is 35.5. The molecular weight excluding hydrogens is 424 g/mol. The third-order valence-corrected chi connectivity index (χ3v) is 5.91. The minimum atomic E-state index is -3.68. The van der Waals surface area contributed by atoms with Gasteiger partial charge in [0.2, 0.25) is 0 Å². The summed E-state index contributed by atoms with van der Waals surface area (Å²) in [6, 6.07) is 21.4. The fourth-order valence-electron chi connectivity index (χ4n) is 2.67. The molecule has 6 nitrogen and oxygen atoms in total. The van der Waals surface area contributed by atoms with Gasteiger partial charge in [0.15, 0.2) is 0 Å². The molecule has 3 aromatic rings. The summed E-state index contributed by atoms with van der Waals surface area (Å²) in [5, 5.41) is 0.583. The summed E-state index contributed by atoms with van der Waals surface area (Å²) in [5.74, 6) is 0.445. The largest absolute Gasteiger partial charge is 0.492 e. The molecule has 0 saturated heterocycles. The molecule has 0 aliphatic carbocycles. The monoisotopic (exact) mass is 444 g/mol. The molecule has 30 heavy (non-hydrogen) atoms. The van der Waals surface area contributed by atoms with Gasteiger partial charge in [-0.2, -0.15) is 0 Å². The van der Waals surface area contributed by atoms with Crippen LogP contribution in [0.3, 0.4) is 0 Å². The van der Waals surface area contributed by atoms with Crippen molar-refractivity contribution in [3.63, 3.8) is 0 Å². The fourth-order valence-corrected chi connectivity index (χ4v) is 3.93. The fraction of sp³-hybridized carbons (Fsp3) is 0.136. The quantitative estimate of drug-likeness (QED) is 0.562. The SMILES string of the molecule is CN(CCOc1cccc(Cl)c1)C(=O)c1ccc(NS(=O)(=O)c2ccccc2)cc1. The van der Waals surface area contributed by atoms with Gasteiger partial charge in [0.1, 0.15) is 12.4 Å². The minimum Gasteiger partial charge on any atom is -0.492 e. The number of hydrogen-bond donors (Lipinski definition) is 1. The molecule has 0 aliphatic rings. The molecule has 0 heterocycles. The lowest BCUT2D eigenvalue weighted by Crippen LogP contribution is -2.30. The summed E-state index contributed by atoms with van der Waals surface area (Å²) in [6.07, 6.45) is 0. The maximum Gasteiger partial charge on any atom is 0.261 e. The van der Waals surface area contributed by atoms with Crippen molar-refractivity contribution in [3.05, 3.63) is 89.4 Å². The Morgan fingerprint density at radius 1 is 1.00 bits per heavy atom. The maximum absolute atomic E-state index is 12.6. The van der Waals surface area contributed by atoms with E-state index >= 15 is 0 Å². The van der Waals surface area contributed by atoms with Gasteiger partial charge in [0.25, 0.3) is 15.9 Å². The van der Waals surface area contributed by atoms with Gasteiger partial charge in [0.05, 0.1) is 11.4 Å². The van der Waals surface area contributed by atoms with Crippen LogP contribution in [0.1, 0.15) is 10.4 Å². The summed E-state index contributed by atoms with van der Waals surface area (Å²) in [7, 11) is -2.00. The number of likely N-dealkylation sites (N-methyl/N-ethyl adjacent to an activating group) is 1. The van der Waals surface area contributed by atoms with Crippen molar-refractivity contribution in [1.29, 1.82) is 0 Å². The van der Waals surface area contributed by atoms with Crippen LogP contribution in [0.2, 0.25) is 5.02 Å². The number of rotatable bonds is 8. The van der Waals surface area contributed by atoms with E-state index < -0.39 is 10.0 Å². The Labute approximate surface area is 181 Å². The van der Waals surface area contributed by atoms with Crippen LogP contribution in [-0.2, 0) is 10.0 Å². The molecule has 0 unspecified atom stereocenters. The third kappa shape index (κ3) is 5.75. The number of nitrogens with one attached hydrogen (secondary N) is 1. The van der Waals surface area contributed by atoms with Crippen LogP contribution in [0.15, 0.2) is 83.8 Å². The van der Waals surface area contributed by atoms with E-state index in [1.807, 2.05) is 0 Å². The normalized spacial score (nSPS) is 11.0. The lowest BCUT2D eigenvalue weighted by molar-refractivity contribution is 0.0774. The van der Waals surface area contributed by atoms with Crippen LogP contribution in [0.4, 0.5) is 5.69 Å². The number of hydrogen-bond acceptors (Lipinski definition) is 4. The number of sulfonamides is 1. The highest BCUT2D eigenvalue weighted by Gasteiger charge is 2.15. The van der Waals surface area contributed by atoms with E-state index in [1.165, 1.54) is 17.0 Å². The Balaban J connectivity index is 1.56. The number of amides is 1. The van der Waals surface area contributed by atoms with Gasteiger partial charge >= 0.3 is 0 Å². The number of benzene rings is 3. The summed E-state index contributed by atoms with van der Waals surface area (Å²) >= 11 is 5.92. The zero-order valence-corrected chi connectivity index (χ0v) is 17.9. The van der Waals surface area contributed by atoms with Gasteiger partial charge in [-0.05, 0) is 54.6 Å². The van der Waals surface area contributed by atoms with Crippen molar-refractivity contribution >= 4 is 33.2 Å². The van der Waals surface area contributed by atoms with E-state index in [1.54, 1.807) is 73.8 Å². The topological polar surface area (TPSA) is 75.7 Å². The van der Waals surface area contributed by atoms with Crippen LogP contribution < -0.4 is 9.46 Å². The summed E-state index contributed by atoms with van der Waals surface area (Å²) < 4.78 is 32.9. The molecule has 0 spiro atoms. The molecule has 0 aromatic heterocycles. The van der Waals surface area contributed by atoms with Crippen LogP contribution >= 0.6 is 11.6 Å². The number of carbonyl (C=O) groups excluding carboxylic acids is 1. The van der Waals surface area contributed by atoms with Crippen molar-refractivity contribution in [2.24, 2.45) is 0 Å². The molecule has 0 fully saturated rings. The molecule has 0 aliphatic heterocycles. The smallest absolute Gasteiger partial charge is 0.261 e. The average Bonchev–Trinajstić information content (AvgIpc) is 2.74. The van der Waals surface area contributed by atoms with Crippen molar-refractivity contribution < 1.29 is 17.9 Å². The zero-order valence-electron chi connectivity index (χ0n) is 16.3. The Morgan fingerprint density at radius 3 is 2.37 bits per heavy atom. The summed E-state index contributed by atoms with van der Waals surface area (Å²) in [6.45, 7) is 0.700. The van der Waals surface area contributed by atoms with Crippen LogP contribution in [0.5, 0.6) is 5.75 Å². The molecule has 0 saturated carbocycles. The second-order valence-electron chi connectivity index (χ2n) is 6.53. The van der Waals surface area contributed by atoms with E-state index in [2.05, 4.69) is 4.72 Å². The summed E-state index contributed by atoms with van der Waals surface area (Å²) in [4.78, 5) is 14.3. The Kier molecular flexibility index (Phi) is 6.97. The highest BCUT2D eigenvalue weighted by molar-refractivity contribution is 7.92. The van der Waals surface area contributed by atoms with Crippen molar-refractivity contribution in [2.75, 3.05) is 24.9 Å². The van der Waals surface area contributed by atoms with Gasteiger partial charge in [0, 0.05) is 23.3 Å². The molecule has 3 rings (SSSR count). The molecule has 0 radical (unpaired) electrons. The molecule has 8 heteroatoms. The minimum absolute atomic E-state index is 0.171. The van der Waals surface area contributed by atoms with Crippen molar-refractivity contribution in [3.8, 4) is 5.75 Å². The first-order chi connectivity index (χ1) is 14.3. The molecule has 3 aromatic carbocycles. The molecule has 156 valence electrons. The lowest BCUT2D eigenvalue weighted by atomic mass is 10.2. The Morgan fingerprint density at radius 2 is 1.70 bits per heavy atom. The van der Waals surface area contributed by atoms with Gasteiger partial charge in [-0.15, -0.1) is 0 Å². The van der Waals surface area contributed by atoms with Gasteiger partial charge in [-0.1, -0.05) is 35.9 Å². The average molecular weight is 445 g/mol. The standard InChI is InChI=1S/C22H21ClN2O4S/c1-25(14-15-29-20-7-5-6-18(23)16-20)22(26)17-10-12-19(13-11-17)24-30(27,28)21-8-3-2-4-9-21/h2-13,16,24H,14-15H2,1H3. The van der Waals surface area contributed by atoms with Crippen LogP contribution in [0.25, 0.3) is 0 Å². The Bertz CT molecular complexity index is 1100. The maximum atomic E-state index is 12.6. The molecule has 0 bridgehead atoms. The molecule has 1 amide bonds. The second-order valence-corrected chi connectivity index (χ2v) is 8.65. The highest BCUT2D eigenvalue weighted by Crippen LogP contribution is 2.18. The first-order valence-electron chi connectivity index (χ1n) is 9.17. The third-order valence-electron chi connectivity index (χ3n) is 4.28. The second kappa shape index (κ2) is 9.65. The zero-order chi connectivity index (χ0) is 21.6. The lowest BCUT2D eigenvalue weighted by Gasteiger charge is -2.18. The molecule has 1 N–H and O–H groups in total. The van der Waals surface area contributed by atoms with E-state index in [-0.39, 0.29) is 10.8 Å². The number of anilines is 1.